The Morgan fingerprint density at radius 2 is 1.62 bits per heavy atom. The third-order valence-corrected chi connectivity index (χ3v) is 7.02. The third kappa shape index (κ3) is 5.61. The van der Waals surface area contributed by atoms with Crippen LogP contribution in [0.4, 0.5) is 24.7 Å². The zero-order chi connectivity index (χ0) is 28.3. The number of aromatic nitrogens is 1. The standard InChI is InChI=1S/C32H28F3N3O2/c1-2-3-10-21-13-9-16-25-24-14-7-8-15-26(24)29(28(21)25)31(40)38(20-32(33,34)35)27-18-17-23(19-36-27)37-30(39)22-11-5-4-6-12-22/h4-9,11-19,29H,2-3,10,20H2,1H3,(H,37,39). The molecule has 0 radical (unpaired) electrons. The maximum absolute atomic E-state index is 14.1. The molecule has 0 bridgehead atoms. The highest BCUT2D eigenvalue weighted by Gasteiger charge is 2.42. The first kappa shape index (κ1) is 27.1. The highest BCUT2D eigenvalue weighted by Crippen LogP contribution is 2.48. The van der Waals surface area contributed by atoms with Crippen molar-refractivity contribution in [1.29, 1.82) is 0 Å². The first-order valence-electron chi connectivity index (χ1n) is 13.2. The highest BCUT2D eigenvalue weighted by atomic mass is 19.4. The number of hydrogen-bond donors (Lipinski definition) is 1. The van der Waals surface area contributed by atoms with Crippen LogP contribution in [0, 0.1) is 0 Å². The summed E-state index contributed by atoms with van der Waals surface area (Å²) in [6.07, 6.45) is -0.814. The zero-order valence-electron chi connectivity index (χ0n) is 21.9. The predicted molar refractivity (Wildman–Crippen MR) is 149 cm³/mol. The number of aryl methyl sites for hydroxylation is 1. The number of nitrogens with one attached hydrogen (secondary N) is 1. The summed E-state index contributed by atoms with van der Waals surface area (Å²) in [5.74, 6) is -2.10. The molecular weight excluding hydrogens is 515 g/mol. The monoisotopic (exact) mass is 543 g/mol. The Balaban J connectivity index is 1.50. The SMILES string of the molecule is CCCCc1cccc2c1C(C(=O)N(CC(F)(F)F)c1ccc(NC(=O)c3ccccc3)cn1)c1ccccc1-2. The largest absolute Gasteiger partial charge is 0.406 e. The highest BCUT2D eigenvalue weighted by molar-refractivity contribution is 6.06. The van der Waals surface area contributed by atoms with Crippen LogP contribution in [0.15, 0.2) is 91.1 Å². The minimum atomic E-state index is -4.65. The molecule has 4 aromatic rings. The number of unbranched alkanes of at least 4 members (excludes halogenated alkanes) is 1. The molecule has 1 aliphatic rings. The summed E-state index contributed by atoms with van der Waals surface area (Å²) < 4.78 is 41.5. The summed E-state index contributed by atoms with van der Waals surface area (Å²) in [5.41, 5.74) is 4.88. The maximum Gasteiger partial charge on any atom is 0.406 e. The second-order valence-corrected chi connectivity index (χ2v) is 9.77. The molecule has 0 saturated carbocycles. The number of carbonyl (C=O) groups is 2. The molecule has 0 saturated heterocycles. The quantitative estimate of drug-likeness (QED) is 0.252. The van der Waals surface area contributed by atoms with Crippen molar-refractivity contribution in [3.05, 3.63) is 113 Å². The van der Waals surface area contributed by atoms with Crippen LogP contribution in [0.2, 0.25) is 0 Å². The van der Waals surface area contributed by atoms with Gasteiger partial charge in [-0.25, -0.2) is 4.98 Å². The van der Waals surface area contributed by atoms with Crippen molar-refractivity contribution in [1.82, 2.24) is 4.98 Å². The molecule has 8 heteroatoms. The number of fused-ring (bicyclic) bond motifs is 3. The normalized spacial score (nSPS) is 13.8. The Hall–Kier alpha value is -4.46. The van der Waals surface area contributed by atoms with Gasteiger partial charge in [0.2, 0.25) is 5.91 Å². The van der Waals surface area contributed by atoms with Crippen molar-refractivity contribution in [3.8, 4) is 11.1 Å². The van der Waals surface area contributed by atoms with Gasteiger partial charge >= 0.3 is 6.18 Å². The van der Waals surface area contributed by atoms with Crippen LogP contribution in [0.3, 0.4) is 0 Å². The minimum absolute atomic E-state index is 0.142. The van der Waals surface area contributed by atoms with Crippen LogP contribution in [0.1, 0.15) is 52.7 Å². The van der Waals surface area contributed by atoms with Gasteiger partial charge in [0.05, 0.1) is 17.8 Å². The predicted octanol–water partition coefficient (Wildman–Crippen LogP) is 7.38. The lowest BCUT2D eigenvalue weighted by Crippen LogP contribution is -2.42. The average Bonchev–Trinajstić information content (AvgIpc) is 3.30. The molecule has 1 heterocycles. The van der Waals surface area contributed by atoms with E-state index in [0.717, 1.165) is 41.5 Å². The Kier molecular flexibility index (Phi) is 7.69. The molecule has 2 amide bonds. The molecule has 1 aliphatic carbocycles. The fourth-order valence-corrected chi connectivity index (χ4v) is 5.20. The summed E-state index contributed by atoms with van der Waals surface area (Å²) in [7, 11) is 0. The minimum Gasteiger partial charge on any atom is -0.321 e. The van der Waals surface area contributed by atoms with Crippen LogP contribution < -0.4 is 10.2 Å². The second-order valence-electron chi connectivity index (χ2n) is 9.77. The molecule has 204 valence electrons. The number of benzene rings is 3. The Labute approximate surface area is 230 Å². The van der Waals surface area contributed by atoms with Gasteiger partial charge in [-0.1, -0.05) is 74.0 Å². The van der Waals surface area contributed by atoms with Crippen molar-refractivity contribution in [2.75, 3.05) is 16.8 Å². The fraction of sp³-hybridized carbons (Fsp3) is 0.219. The van der Waals surface area contributed by atoms with Gasteiger partial charge in [0.1, 0.15) is 12.4 Å². The first-order valence-corrected chi connectivity index (χ1v) is 13.2. The van der Waals surface area contributed by atoms with E-state index < -0.39 is 24.5 Å². The van der Waals surface area contributed by atoms with E-state index in [-0.39, 0.29) is 11.7 Å². The van der Waals surface area contributed by atoms with Crippen LogP contribution in [-0.4, -0.2) is 29.5 Å². The van der Waals surface area contributed by atoms with E-state index in [4.69, 9.17) is 0 Å². The van der Waals surface area contributed by atoms with Gasteiger partial charge in [0, 0.05) is 5.56 Å². The summed E-state index contributed by atoms with van der Waals surface area (Å²) >= 11 is 0. The van der Waals surface area contributed by atoms with Gasteiger partial charge in [0.25, 0.3) is 5.91 Å². The molecule has 3 aromatic carbocycles. The Morgan fingerprint density at radius 1 is 0.900 bits per heavy atom. The van der Waals surface area contributed by atoms with Crippen molar-refractivity contribution < 1.29 is 22.8 Å². The number of carbonyl (C=O) groups excluding carboxylic acids is 2. The van der Waals surface area contributed by atoms with Crippen molar-refractivity contribution >= 4 is 23.3 Å². The van der Waals surface area contributed by atoms with Crippen molar-refractivity contribution in [2.24, 2.45) is 0 Å². The summed E-state index contributed by atoms with van der Waals surface area (Å²) in [6.45, 7) is 0.586. The third-order valence-electron chi connectivity index (χ3n) is 7.02. The summed E-state index contributed by atoms with van der Waals surface area (Å²) in [6, 6.07) is 24.5. The number of pyridine rings is 1. The van der Waals surface area contributed by atoms with E-state index in [2.05, 4.69) is 17.2 Å². The zero-order valence-corrected chi connectivity index (χ0v) is 21.9. The summed E-state index contributed by atoms with van der Waals surface area (Å²) in [4.78, 5) is 31.5. The lowest BCUT2D eigenvalue weighted by atomic mass is 9.89. The van der Waals surface area contributed by atoms with Crippen molar-refractivity contribution in [2.45, 2.75) is 38.3 Å². The molecule has 1 N–H and O–H groups in total. The molecule has 1 aromatic heterocycles. The molecule has 0 spiro atoms. The van der Waals surface area contributed by atoms with Gasteiger partial charge in [-0.2, -0.15) is 13.2 Å². The van der Waals surface area contributed by atoms with E-state index >= 15 is 0 Å². The van der Waals surface area contributed by atoms with Gasteiger partial charge < -0.3 is 5.32 Å². The van der Waals surface area contributed by atoms with Crippen LogP contribution in [0.25, 0.3) is 11.1 Å². The molecular formula is C32H28F3N3O2. The Bertz CT molecular complexity index is 1520. The smallest absolute Gasteiger partial charge is 0.321 e. The number of amides is 2. The van der Waals surface area contributed by atoms with Gasteiger partial charge in [0.15, 0.2) is 0 Å². The van der Waals surface area contributed by atoms with E-state index in [1.54, 1.807) is 36.4 Å². The molecule has 40 heavy (non-hydrogen) atoms. The lowest BCUT2D eigenvalue weighted by molar-refractivity contribution is -0.132. The fourth-order valence-electron chi connectivity index (χ4n) is 5.20. The van der Waals surface area contributed by atoms with Crippen molar-refractivity contribution in [3.63, 3.8) is 0 Å². The van der Waals surface area contributed by atoms with E-state index in [9.17, 15) is 22.8 Å². The molecule has 5 nitrogen and oxygen atoms in total. The molecule has 0 aliphatic heterocycles. The second kappa shape index (κ2) is 11.3. The number of alkyl halides is 3. The molecule has 0 fully saturated rings. The maximum atomic E-state index is 14.1. The lowest BCUT2D eigenvalue weighted by Gasteiger charge is -2.27. The van der Waals surface area contributed by atoms with Gasteiger partial charge in [-0.15, -0.1) is 0 Å². The average molecular weight is 544 g/mol. The number of halogens is 3. The van der Waals surface area contributed by atoms with Gasteiger partial charge in [-0.3, -0.25) is 14.5 Å². The molecule has 1 atom stereocenters. The summed E-state index contributed by atoms with van der Waals surface area (Å²) in [5, 5.41) is 2.68. The van der Waals surface area contributed by atoms with Crippen LogP contribution in [-0.2, 0) is 11.2 Å². The topological polar surface area (TPSA) is 62.3 Å². The van der Waals surface area contributed by atoms with E-state index in [1.807, 2.05) is 36.4 Å². The number of anilines is 2. The number of rotatable bonds is 8. The number of hydrogen-bond acceptors (Lipinski definition) is 3. The first-order chi connectivity index (χ1) is 19.3. The van der Waals surface area contributed by atoms with Crippen LogP contribution in [0.5, 0.6) is 0 Å². The number of nitrogens with zero attached hydrogens (tertiary/aromatic N) is 2. The van der Waals surface area contributed by atoms with Crippen LogP contribution >= 0.6 is 0 Å². The molecule has 1 unspecified atom stereocenters. The molecule has 5 rings (SSSR count). The van der Waals surface area contributed by atoms with E-state index in [1.165, 1.54) is 18.3 Å². The van der Waals surface area contributed by atoms with Gasteiger partial charge in [-0.05, 0) is 64.9 Å². The van der Waals surface area contributed by atoms with E-state index in [0.29, 0.717) is 21.7 Å². The Morgan fingerprint density at radius 3 is 2.33 bits per heavy atom.